The Labute approximate surface area is 225 Å². The topological polar surface area (TPSA) is 27.7 Å². The quantitative estimate of drug-likeness (QED) is 0.0797. The van der Waals surface area contributed by atoms with Crippen LogP contribution in [-0.2, 0) is 13.3 Å². The normalized spacial score (nSPS) is 13.0. The number of unbranched alkanes of at least 4 members (excludes halogenated alkanes) is 13. The van der Waals surface area contributed by atoms with Crippen molar-refractivity contribution >= 4 is 25.0 Å². The van der Waals surface area contributed by atoms with Crippen molar-refractivity contribution in [3.05, 3.63) is 0 Å². The lowest BCUT2D eigenvalue weighted by atomic mass is 10.1. The average molecular weight is 547 g/mol. The number of hydrogen-bond acceptors (Lipinski definition) is 3. The van der Waals surface area contributed by atoms with Gasteiger partial charge < -0.3 is 13.3 Å². The van der Waals surface area contributed by atoms with Crippen molar-refractivity contribution in [1.29, 1.82) is 0 Å². The molecule has 6 heteroatoms. The molecule has 0 unspecified atom stereocenters. The molecule has 0 aromatic carbocycles. The lowest BCUT2D eigenvalue weighted by Gasteiger charge is -2.27. The van der Waals surface area contributed by atoms with Gasteiger partial charge in [0.05, 0.1) is 0 Å². The first-order valence-electron chi connectivity index (χ1n) is 15.3. The Balaban J connectivity index is 3.69. The summed E-state index contributed by atoms with van der Waals surface area (Å²) in [7, 11) is 0.741. The summed E-state index contributed by atoms with van der Waals surface area (Å²) in [5, 5.41) is 0. The van der Waals surface area contributed by atoms with Crippen LogP contribution in [0.1, 0.15) is 110 Å². The lowest BCUT2D eigenvalue weighted by molar-refractivity contribution is 0.123. The van der Waals surface area contributed by atoms with Crippen molar-refractivity contribution < 1.29 is 13.3 Å². The minimum absolute atomic E-state index is 0.943. The van der Waals surface area contributed by atoms with E-state index in [1.54, 1.807) is 33.4 Å². The van der Waals surface area contributed by atoms with E-state index >= 15 is 0 Å². The molecular formula is C29H66O3Si3. The molecule has 0 radical (unpaired) electrons. The summed E-state index contributed by atoms with van der Waals surface area (Å²) in [6.45, 7) is 12.7. The Morgan fingerprint density at radius 2 is 0.657 bits per heavy atom. The molecular weight excluding hydrogens is 481 g/mol. The predicted molar refractivity (Wildman–Crippen MR) is 165 cm³/mol. The Morgan fingerprint density at radius 3 is 0.971 bits per heavy atom. The van der Waals surface area contributed by atoms with Crippen LogP contribution >= 0.6 is 0 Å². The summed E-state index contributed by atoms with van der Waals surface area (Å²) in [5.74, 6) is 0. The van der Waals surface area contributed by atoms with Crippen LogP contribution in [0.5, 0.6) is 0 Å². The van der Waals surface area contributed by atoms with E-state index in [0.29, 0.717) is 0 Å². The fourth-order valence-corrected chi connectivity index (χ4v) is 12.7. The molecule has 0 saturated heterocycles. The van der Waals surface area contributed by atoms with Gasteiger partial charge in [-0.3, -0.25) is 0 Å². The molecule has 0 N–H and O–H groups in total. The molecule has 35 heavy (non-hydrogen) atoms. The second kappa shape index (κ2) is 21.5. The van der Waals surface area contributed by atoms with Crippen LogP contribution in [0.2, 0.25) is 56.4 Å². The van der Waals surface area contributed by atoms with Crippen LogP contribution in [0.4, 0.5) is 0 Å². The summed E-state index contributed by atoms with van der Waals surface area (Å²) in [4.78, 5) is 0. The van der Waals surface area contributed by atoms with Crippen molar-refractivity contribution in [2.45, 2.75) is 166 Å². The minimum atomic E-state index is -2.38. The number of rotatable bonds is 26. The van der Waals surface area contributed by atoms with Crippen LogP contribution in [0.25, 0.3) is 0 Å². The van der Waals surface area contributed by atoms with Gasteiger partial charge in [0.2, 0.25) is 0 Å². The van der Waals surface area contributed by atoms with Crippen molar-refractivity contribution in [3.8, 4) is 0 Å². The summed E-state index contributed by atoms with van der Waals surface area (Å²) < 4.78 is 16.7. The summed E-state index contributed by atoms with van der Waals surface area (Å²) in [6.07, 6.45) is 23.0. The first-order chi connectivity index (χ1) is 16.7. The van der Waals surface area contributed by atoms with Gasteiger partial charge in [-0.05, 0) is 0 Å². The Morgan fingerprint density at radius 1 is 0.371 bits per heavy atom. The smallest absolute Gasteiger partial charge is 0.377 e. The predicted octanol–water partition coefficient (Wildman–Crippen LogP) is 10.5. The van der Waals surface area contributed by atoms with Crippen LogP contribution < -0.4 is 0 Å². The summed E-state index contributed by atoms with van der Waals surface area (Å²) >= 11 is 0. The molecule has 0 aliphatic heterocycles. The van der Waals surface area contributed by atoms with Gasteiger partial charge in [-0.2, -0.15) is 0 Å². The fourth-order valence-electron chi connectivity index (χ4n) is 5.42. The van der Waals surface area contributed by atoms with Gasteiger partial charge in [0.15, 0.2) is 0 Å². The summed E-state index contributed by atoms with van der Waals surface area (Å²) in [6, 6.07) is 6.89. The first-order valence-corrected chi connectivity index (χ1v) is 24.1. The maximum atomic E-state index is 5.58. The van der Waals surface area contributed by atoms with Gasteiger partial charge in [-0.15, -0.1) is 0 Å². The van der Waals surface area contributed by atoms with E-state index in [1.165, 1.54) is 115 Å². The highest BCUT2D eigenvalue weighted by Crippen LogP contribution is 2.26. The molecule has 0 bridgehead atoms. The molecule has 0 fully saturated rings. The van der Waals surface area contributed by atoms with E-state index in [9.17, 15) is 0 Å². The van der Waals surface area contributed by atoms with E-state index in [-0.39, 0.29) is 0 Å². The minimum Gasteiger partial charge on any atom is -0.377 e. The maximum absolute atomic E-state index is 5.58. The molecule has 3 nitrogen and oxygen atoms in total. The van der Waals surface area contributed by atoms with Gasteiger partial charge in [0, 0.05) is 43.5 Å². The molecule has 0 amide bonds. The molecule has 0 aromatic rings. The van der Waals surface area contributed by atoms with Crippen LogP contribution in [0, 0.1) is 0 Å². The molecule has 0 aliphatic rings. The van der Waals surface area contributed by atoms with Gasteiger partial charge in [0.25, 0.3) is 0 Å². The van der Waals surface area contributed by atoms with E-state index in [4.69, 9.17) is 13.3 Å². The monoisotopic (exact) mass is 546 g/mol. The third kappa shape index (κ3) is 20.2. The molecule has 0 saturated carbocycles. The highest BCUT2D eigenvalue weighted by Gasteiger charge is 2.37. The second-order valence-electron chi connectivity index (χ2n) is 12.7. The van der Waals surface area contributed by atoms with Gasteiger partial charge in [0.1, 0.15) is 0 Å². The average Bonchev–Trinajstić information content (AvgIpc) is 2.82. The highest BCUT2D eigenvalue weighted by atomic mass is 28.4. The van der Waals surface area contributed by atoms with E-state index in [0.717, 1.165) is 6.04 Å². The van der Waals surface area contributed by atoms with Gasteiger partial charge >= 0.3 is 8.80 Å². The van der Waals surface area contributed by atoms with Crippen molar-refractivity contribution in [2.75, 3.05) is 21.3 Å². The zero-order valence-electron chi connectivity index (χ0n) is 25.6. The standard InChI is InChI=1S/C29H66O3Si3/c1-9-10-11-12-13-14-15-18-21-25-33(5,6)26-22-19-16-17-20-23-27-34(7,8)28-24-29-35(30-2,31-3)32-4/h9-29H2,1-8H3. The molecule has 0 heterocycles. The van der Waals surface area contributed by atoms with E-state index in [1.807, 2.05) is 0 Å². The molecule has 0 aliphatic carbocycles. The number of hydrogen-bond donors (Lipinski definition) is 0. The van der Waals surface area contributed by atoms with Gasteiger partial charge in [-0.1, -0.05) is 160 Å². The van der Waals surface area contributed by atoms with Crippen LogP contribution in [0.15, 0.2) is 0 Å². The van der Waals surface area contributed by atoms with Crippen LogP contribution in [-0.4, -0.2) is 46.3 Å². The largest absolute Gasteiger partial charge is 0.500 e. The molecule has 0 spiro atoms. The molecule has 0 atom stereocenters. The van der Waals surface area contributed by atoms with Gasteiger partial charge in [-0.25, -0.2) is 0 Å². The second-order valence-corrected chi connectivity index (χ2v) is 26.4. The Hall–Kier alpha value is 0.531. The van der Waals surface area contributed by atoms with Crippen molar-refractivity contribution in [1.82, 2.24) is 0 Å². The van der Waals surface area contributed by atoms with Crippen molar-refractivity contribution in [3.63, 3.8) is 0 Å². The highest BCUT2D eigenvalue weighted by molar-refractivity contribution is 6.77. The maximum Gasteiger partial charge on any atom is 0.500 e. The molecule has 212 valence electrons. The SMILES string of the molecule is CCCCCCCCCCC[Si](C)(C)CCCCCCCC[Si](C)(C)CCC[Si](OC)(OC)OC. The van der Waals surface area contributed by atoms with Crippen molar-refractivity contribution in [2.24, 2.45) is 0 Å². The lowest BCUT2D eigenvalue weighted by Crippen LogP contribution is -2.43. The van der Waals surface area contributed by atoms with Crippen LogP contribution in [0.3, 0.4) is 0 Å². The fraction of sp³-hybridized carbons (Fsp3) is 1.00. The third-order valence-electron chi connectivity index (χ3n) is 8.18. The van der Waals surface area contributed by atoms with E-state index < -0.39 is 25.0 Å². The summed E-state index contributed by atoms with van der Waals surface area (Å²) in [5.41, 5.74) is 0. The Kier molecular flexibility index (Phi) is 21.8. The zero-order chi connectivity index (χ0) is 26.5. The third-order valence-corrected chi connectivity index (χ3v) is 17.8. The first kappa shape index (κ1) is 35.5. The zero-order valence-corrected chi connectivity index (χ0v) is 28.6. The Bertz CT molecular complexity index is 460. The molecule has 0 rings (SSSR count). The molecule has 0 aromatic heterocycles. The van der Waals surface area contributed by atoms with E-state index in [2.05, 4.69) is 33.1 Å².